The van der Waals surface area contributed by atoms with E-state index in [1.54, 1.807) is 0 Å². The lowest BCUT2D eigenvalue weighted by Crippen LogP contribution is -2.19. The van der Waals surface area contributed by atoms with Crippen LogP contribution in [0.15, 0.2) is 0 Å². The zero-order valence-corrected chi connectivity index (χ0v) is 10.3. The second kappa shape index (κ2) is 6.93. The summed E-state index contributed by atoms with van der Waals surface area (Å²) in [4.78, 5) is 0. The normalized spacial score (nSPS) is 20.2. The summed E-state index contributed by atoms with van der Waals surface area (Å²) in [6.07, 6.45) is 7.83. The summed E-state index contributed by atoms with van der Waals surface area (Å²) in [7, 11) is 0. The minimum Gasteiger partial charge on any atom is -0.396 e. The molecule has 0 saturated heterocycles. The maximum Gasteiger partial charge on any atom is 0.0594 e. The predicted octanol–water partition coefficient (Wildman–Crippen LogP) is 2.34. The Morgan fingerprint density at radius 1 is 1.25 bits per heavy atom. The first-order valence-corrected chi connectivity index (χ1v) is 6.42. The monoisotopic (exact) mass is 224 g/mol. The van der Waals surface area contributed by atoms with E-state index < -0.39 is 0 Å². The van der Waals surface area contributed by atoms with Crippen LogP contribution in [-0.4, -0.2) is 23.4 Å². The van der Waals surface area contributed by atoms with E-state index in [2.05, 4.69) is 11.8 Å². The van der Waals surface area contributed by atoms with Crippen LogP contribution in [0.3, 0.4) is 0 Å². The van der Waals surface area contributed by atoms with Gasteiger partial charge in [0.25, 0.3) is 0 Å². The summed E-state index contributed by atoms with van der Waals surface area (Å²) in [6.45, 7) is 2.24. The van der Waals surface area contributed by atoms with Crippen LogP contribution in [0.25, 0.3) is 0 Å². The Kier molecular flexibility index (Phi) is 5.87. The Morgan fingerprint density at radius 3 is 2.50 bits per heavy atom. The molecule has 1 rings (SSSR count). The van der Waals surface area contributed by atoms with Crippen molar-refractivity contribution in [2.24, 2.45) is 11.3 Å². The van der Waals surface area contributed by atoms with E-state index in [-0.39, 0.29) is 18.6 Å². The molecule has 1 aliphatic carbocycles. The smallest absolute Gasteiger partial charge is 0.0594 e. The molecule has 0 aromatic rings. The van der Waals surface area contributed by atoms with E-state index in [0.717, 1.165) is 25.2 Å². The second-order valence-corrected chi connectivity index (χ2v) is 5.20. The van der Waals surface area contributed by atoms with Gasteiger partial charge < -0.3 is 10.2 Å². The topological polar surface area (TPSA) is 40.5 Å². The van der Waals surface area contributed by atoms with Crippen molar-refractivity contribution in [1.82, 2.24) is 0 Å². The van der Waals surface area contributed by atoms with Gasteiger partial charge in [-0.2, -0.15) is 0 Å². The molecule has 2 heteroatoms. The van der Waals surface area contributed by atoms with Crippen LogP contribution in [0, 0.1) is 23.2 Å². The third kappa shape index (κ3) is 4.55. The molecule has 0 aromatic heterocycles. The van der Waals surface area contributed by atoms with Crippen molar-refractivity contribution in [3.63, 3.8) is 0 Å². The van der Waals surface area contributed by atoms with E-state index in [0.29, 0.717) is 0 Å². The minimum atomic E-state index is -0.318. The van der Waals surface area contributed by atoms with Crippen molar-refractivity contribution in [1.29, 1.82) is 0 Å². The second-order valence-electron chi connectivity index (χ2n) is 5.20. The van der Waals surface area contributed by atoms with Gasteiger partial charge in [-0.05, 0) is 38.5 Å². The average molecular weight is 224 g/mol. The van der Waals surface area contributed by atoms with Crippen LogP contribution in [-0.2, 0) is 0 Å². The first-order chi connectivity index (χ1) is 7.70. The zero-order valence-electron chi connectivity index (χ0n) is 10.3. The highest BCUT2D eigenvalue weighted by Crippen LogP contribution is 2.27. The number of hydrogen-bond donors (Lipinski definition) is 2. The minimum absolute atomic E-state index is 0.0880. The third-order valence-electron chi connectivity index (χ3n) is 3.49. The molecule has 2 N–H and O–H groups in total. The number of hydrogen-bond acceptors (Lipinski definition) is 2. The van der Waals surface area contributed by atoms with Crippen LogP contribution in [0.4, 0.5) is 0 Å². The number of aliphatic hydroxyl groups is 2. The maximum absolute atomic E-state index is 9.32. The highest BCUT2D eigenvalue weighted by molar-refractivity contribution is 5.11. The molecule has 1 aliphatic rings. The van der Waals surface area contributed by atoms with Gasteiger partial charge in [-0.25, -0.2) is 0 Å². The molecule has 0 amide bonds. The van der Waals surface area contributed by atoms with Crippen LogP contribution < -0.4 is 0 Å². The Labute approximate surface area is 99.1 Å². The van der Waals surface area contributed by atoms with Crippen molar-refractivity contribution in [2.45, 2.75) is 51.9 Å². The summed E-state index contributed by atoms with van der Waals surface area (Å²) in [5.74, 6) is 7.22. The molecule has 0 heterocycles. The lowest BCUT2D eigenvalue weighted by atomic mass is 9.86. The van der Waals surface area contributed by atoms with E-state index in [1.807, 2.05) is 6.92 Å². The third-order valence-corrected chi connectivity index (χ3v) is 3.49. The van der Waals surface area contributed by atoms with Gasteiger partial charge in [0.05, 0.1) is 12.0 Å². The zero-order chi connectivity index (χ0) is 11.9. The molecule has 0 radical (unpaired) electrons. The van der Waals surface area contributed by atoms with Gasteiger partial charge in [0.15, 0.2) is 0 Å². The molecule has 1 fully saturated rings. The highest BCUT2D eigenvalue weighted by Gasteiger charge is 2.20. The molecule has 1 saturated carbocycles. The van der Waals surface area contributed by atoms with Gasteiger partial charge in [-0.15, -0.1) is 5.92 Å². The SMILES string of the molecule is CC(C#CCC1CCCC1)(CO)CCCO. The fourth-order valence-corrected chi connectivity index (χ4v) is 2.27. The van der Waals surface area contributed by atoms with E-state index >= 15 is 0 Å². The van der Waals surface area contributed by atoms with Gasteiger partial charge >= 0.3 is 0 Å². The summed E-state index contributed by atoms with van der Waals surface area (Å²) in [5, 5.41) is 18.1. The Bertz CT molecular complexity index is 245. The molecule has 1 unspecified atom stereocenters. The van der Waals surface area contributed by atoms with Gasteiger partial charge in [-0.3, -0.25) is 0 Å². The Morgan fingerprint density at radius 2 is 1.94 bits per heavy atom. The Balaban J connectivity index is 2.37. The number of rotatable bonds is 5. The fourth-order valence-electron chi connectivity index (χ4n) is 2.27. The quantitative estimate of drug-likeness (QED) is 0.704. The molecule has 0 aromatic carbocycles. The lowest BCUT2D eigenvalue weighted by molar-refractivity contribution is 0.168. The Hall–Kier alpha value is -0.520. The molecular weight excluding hydrogens is 200 g/mol. The van der Waals surface area contributed by atoms with Crippen LogP contribution in [0.1, 0.15) is 51.9 Å². The van der Waals surface area contributed by atoms with Gasteiger partial charge in [-0.1, -0.05) is 18.8 Å². The molecule has 0 spiro atoms. The lowest BCUT2D eigenvalue weighted by Gasteiger charge is -2.20. The van der Waals surface area contributed by atoms with Crippen molar-refractivity contribution in [3.05, 3.63) is 0 Å². The molecule has 0 aliphatic heterocycles. The number of aliphatic hydroxyl groups excluding tert-OH is 2. The summed E-state index contributed by atoms with van der Waals surface area (Å²) in [6, 6.07) is 0. The summed E-state index contributed by atoms with van der Waals surface area (Å²) >= 11 is 0. The van der Waals surface area contributed by atoms with Crippen LogP contribution >= 0.6 is 0 Å². The molecular formula is C14H24O2. The fraction of sp³-hybridized carbons (Fsp3) is 0.857. The van der Waals surface area contributed by atoms with E-state index in [4.69, 9.17) is 5.11 Å². The predicted molar refractivity (Wildman–Crippen MR) is 65.9 cm³/mol. The molecule has 2 nitrogen and oxygen atoms in total. The van der Waals surface area contributed by atoms with Crippen molar-refractivity contribution < 1.29 is 10.2 Å². The first kappa shape index (κ1) is 13.5. The van der Waals surface area contributed by atoms with Gasteiger partial charge in [0, 0.05) is 13.0 Å². The average Bonchev–Trinajstić information content (AvgIpc) is 2.79. The van der Waals surface area contributed by atoms with Gasteiger partial charge in [0.2, 0.25) is 0 Å². The molecule has 0 bridgehead atoms. The molecule has 16 heavy (non-hydrogen) atoms. The standard InChI is InChI=1S/C14H24O2/c1-14(12-16,10-5-11-15)9-4-8-13-6-2-3-7-13/h13,15-16H,2-3,5-8,10-12H2,1H3. The van der Waals surface area contributed by atoms with E-state index in [9.17, 15) is 5.11 Å². The molecule has 92 valence electrons. The van der Waals surface area contributed by atoms with Gasteiger partial charge in [0.1, 0.15) is 0 Å². The first-order valence-electron chi connectivity index (χ1n) is 6.42. The van der Waals surface area contributed by atoms with E-state index in [1.165, 1.54) is 25.7 Å². The van der Waals surface area contributed by atoms with Crippen molar-refractivity contribution >= 4 is 0 Å². The van der Waals surface area contributed by atoms with Crippen molar-refractivity contribution in [3.8, 4) is 11.8 Å². The van der Waals surface area contributed by atoms with Crippen molar-refractivity contribution in [2.75, 3.05) is 13.2 Å². The highest BCUT2D eigenvalue weighted by atomic mass is 16.3. The van der Waals surface area contributed by atoms with Crippen LogP contribution in [0.2, 0.25) is 0 Å². The van der Waals surface area contributed by atoms with Crippen LogP contribution in [0.5, 0.6) is 0 Å². The molecule has 1 atom stereocenters. The summed E-state index contributed by atoms with van der Waals surface area (Å²) < 4.78 is 0. The maximum atomic E-state index is 9.32. The largest absolute Gasteiger partial charge is 0.396 e. The summed E-state index contributed by atoms with van der Waals surface area (Å²) in [5.41, 5.74) is -0.318.